The van der Waals surface area contributed by atoms with Gasteiger partial charge < -0.3 is 9.73 Å². The largest absolute Gasteiger partial charge is 0.459 e. The molecule has 0 aliphatic carbocycles. The van der Waals surface area contributed by atoms with Crippen LogP contribution in [-0.4, -0.2) is 0 Å². The van der Waals surface area contributed by atoms with Gasteiger partial charge in [0.1, 0.15) is 17.2 Å². The molecule has 1 N–H and O–H groups in total. The highest BCUT2D eigenvalue weighted by molar-refractivity contribution is 9.10. The van der Waals surface area contributed by atoms with Gasteiger partial charge in [-0.25, -0.2) is 4.39 Å². The Bertz CT molecular complexity index is 720. The molecule has 3 rings (SSSR count). The van der Waals surface area contributed by atoms with Crippen molar-refractivity contribution >= 4 is 32.6 Å². The Labute approximate surface area is 124 Å². The molecule has 4 heteroatoms. The van der Waals surface area contributed by atoms with Crippen molar-refractivity contribution in [2.75, 3.05) is 5.32 Å². The normalized spacial score (nSPS) is 12.6. The molecule has 3 aromatic rings. The monoisotopic (exact) mass is 333 g/mol. The van der Waals surface area contributed by atoms with E-state index in [9.17, 15) is 4.39 Å². The van der Waals surface area contributed by atoms with E-state index in [1.54, 1.807) is 12.1 Å². The molecular formula is C16H13BrFNO. The van der Waals surface area contributed by atoms with E-state index >= 15 is 0 Å². The van der Waals surface area contributed by atoms with Crippen molar-refractivity contribution in [3.63, 3.8) is 0 Å². The van der Waals surface area contributed by atoms with Gasteiger partial charge in [-0.2, -0.15) is 0 Å². The highest BCUT2D eigenvalue weighted by Gasteiger charge is 2.13. The summed E-state index contributed by atoms with van der Waals surface area (Å²) >= 11 is 3.24. The molecule has 2 aromatic carbocycles. The predicted octanol–water partition coefficient (Wildman–Crippen LogP) is 5.51. The first-order valence-corrected chi connectivity index (χ1v) is 7.13. The molecule has 0 saturated heterocycles. The number of para-hydroxylation sites is 1. The number of fused-ring (bicyclic) bond motifs is 1. The summed E-state index contributed by atoms with van der Waals surface area (Å²) in [6.45, 7) is 1.94. The summed E-state index contributed by atoms with van der Waals surface area (Å²) in [4.78, 5) is 0. The van der Waals surface area contributed by atoms with E-state index in [4.69, 9.17) is 4.42 Å². The summed E-state index contributed by atoms with van der Waals surface area (Å²) in [5.41, 5.74) is 1.30. The zero-order chi connectivity index (χ0) is 14.1. The lowest BCUT2D eigenvalue weighted by Crippen LogP contribution is -2.06. The van der Waals surface area contributed by atoms with Crippen LogP contribution in [0.15, 0.2) is 57.4 Å². The van der Waals surface area contributed by atoms with E-state index in [0.29, 0.717) is 5.69 Å². The number of nitrogens with one attached hydrogen (secondary N) is 1. The molecule has 1 heterocycles. The van der Waals surface area contributed by atoms with Gasteiger partial charge >= 0.3 is 0 Å². The number of hydrogen-bond donors (Lipinski definition) is 1. The lowest BCUT2D eigenvalue weighted by molar-refractivity contribution is 0.524. The third-order valence-electron chi connectivity index (χ3n) is 3.17. The Morgan fingerprint density at radius 1 is 1.15 bits per heavy atom. The molecule has 1 atom stereocenters. The van der Waals surface area contributed by atoms with Gasteiger partial charge in [0.25, 0.3) is 0 Å². The van der Waals surface area contributed by atoms with E-state index in [0.717, 1.165) is 21.2 Å². The fourth-order valence-corrected chi connectivity index (χ4v) is 2.46. The number of benzene rings is 2. The standard InChI is InChI=1S/C16H13BrFNO/c1-10(19-14-7-6-12(17)9-13(14)18)16-8-11-4-2-3-5-15(11)20-16/h2-10,19H,1H3. The van der Waals surface area contributed by atoms with Crippen LogP contribution in [0.5, 0.6) is 0 Å². The van der Waals surface area contributed by atoms with Crippen LogP contribution in [0.3, 0.4) is 0 Å². The average Bonchev–Trinajstić information content (AvgIpc) is 2.86. The minimum absolute atomic E-state index is 0.113. The van der Waals surface area contributed by atoms with E-state index in [1.807, 2.05) is 37.3 Å². The van der Waals surface area contributed by atoms with Gasteiger partial charge in [0.2, 0.25) is 0 Å². The lowest BCUT2D eigenvalue weighted by Gasteiger charge is -2.13. The Balaban J connectivity index is 1.86. The first-order valence-electron chi connectivity index (χ1n) is 6.33. The number of furan rings is 1. The Kier molecular flexibility index (Phi) is 3.49. The van der Waals surface area contributed by atoms with Gasteiger partial charge in [0, 0.05) is 9.86 Å². The van der Waals surface area contributed by atoms with Crippen LogP contribution in [0.25, 0.3) is 11.0 Å². The zero-order valence-corrected chi connectivity index (χ0v) is 12.4. The summed E-state index contributed by atoms with van der Waals surface area (Å²) in [6.07, 6.45) is 0. The Morgan fingerprint density at radius 2 is 1.95 bits per heavy atom. The maximum atomic E-state index is 13.8. The Morgan fingerprint density at radius 3 is 2.70 bits per heavy atom. The molecule has 0 radical (unpaired) electrons. The fraction of sp³-hybridized carbons (Fsp3) is 0.125. The summed E-state index contributed by atoms with van der Waals surface area (Å²) in [6, 6.07) is 14.6. The quantitative estimate of drug-likeness (QED) is 0.683. The van der Waals surface area contributed by atoms with Crippen LogP contribution >= 0.6 is 15.9 Å². The van der Waals surface area contributed by atoms with Gasteiger partial charge in [-0.1, -0.05) is 34.1 Å². The van der Waals surface area contributed by atoms with E-state index < -0.39 is 0 Å². The molecule has 20 heavy (non-hydrogen) atoms. The maximum Gasteiger partial charge on any atom is 0.147 e. The molecule has 1 unspecified atom stereocenters. The van der Waals surface area contributed by atoms with Crippen LogP contribution < -0.4 is 5.32 Å². The number of hydrogen-bond acceptors (Lipinski definition) is 2. The fourth-order valence-electron chi connectivity index (χ4n) is 2.13. The first kappa shape index (κ1) is 13.2. The summed E-state index contributed by atoms with van der Waals surface area (Å²) in [7, 11) is 0. The molecule has 1 aromatic heterocycles. The van der Waals surface area contributed by atoms with Crippen molar-refractivity contribution in [1.29, 1.82) is 0 Å². The molecule has 0 aliphatic rings. The topological polar surface area (TPSA) is 25.2 Å². The second-order valence-corrected chi connectivity index (χ2v) is 5.59. The van der Waals surface area contributed by atoms with Crippen LogP contribution in [0.4, 0.5) is 10.1 Å². The molecule has 0 amide bonds. The van der Waals surface area contributed by atoms with Gasteiger partial charge in [-0.15, -0.1) is 0 Å². The molecule has 0 fully saturated rings. The smallest absolute Gasteiger partial charge is 0.147 e. The van der Waals surface area contributed by atoms with Crippen molar-refractivity contribution < 1.29 is 8.81 Å². The second kappa shape index (κ2) is 5.29. The third-order valence-corrected chi connectivity index (χ3v) is 3.67. The molecule has 0 saturated carbocycles. The van der Waals surface area contributed by atoms with Crippen LogP contribution in [0, 0.1) is 5.82 Å². The van der Waals surface area contributed by atoms with Crippen LogP contribution in [-0.2, 0) is 0 Å². The molecular weight excluding hydrogens is 321 g/mol. The van der Waals surface area contributed by atoms with E-state index in [1.165, 1.54) is 6.07 Å². The van der Waals surface area contributed by atoms with Crippen molar-refractivity contribution in [3.8, 4) is 0 Å². The predicted molar refractivity (Wildman–Crippen MR) is 82.4 cm³/mol. The van der Waals surface area contributed by atoms with E-state index in [-0.39, 0.29) is 11.9 Å². The van der Waals surface area contributed by atoms with Crippen molar-refractivity contribution in [2.45, 2.75) is 13.0 Å². The number of anilines is 1. The zero-order valence-electron chi connectivity index (χ0n) is 10.9. The van der Waals surface area contributed by atoms with Crippen molar-refractivity contribution in [1.82, 2.24) is 0 Å². The van der Waals surface area contributed by atoms with Gasteiger partial charge in [0.15, 0.2) is 0 Å². The van der Waals surface area contributed by atoms with Crippen molar-refractivity contribution in [3.05, 3.63) is 64.6 Å². The highest BCUT2D eigenvalue weighted by Crippen LogP contribution is 2.28. The molecule has 2 nitrogen and oxygen atoms in total. The van der Waals surface area contributed by atoms with Crippen molar-refractivity contribution in [2.24, 2.45) is 0 Å². The SMILES string of the molecule is CC(Nc1ccc(Br)cc1F)c1cc2ccccc2o1. The average molecular weight is 334 g/mol. The summed E-state index contributed by atoms with van der Waals surface area (Å²) in [5.74, 6) is 0.496. The number of rotatable bonds is 3. The maximum absolute atomic E-state index is 13.8. The van der Waals surface area contributed by atoms with E-state index in [2.05, 4.69) is 21.2 Å². The van der Waals surface area contributed by atoms with Crippen LogP contribution in [0.1, 0.15) is 18.7 Å². The van der Waals surface area contributed by atoms with Gasteiger partial charge in [0.05, 0.1) is 11.7 Å². The van der Waals surface area contributed by atoms with Gasteiger partial charge in [-0.3, -0.25) is 0 Å². The van der Waals surface area contributed by atoms with Gasteiger partial charge in [-0.05, 0) is 37.3 Å². The highest BCUT2D eigenvalue weighted by atomic mass is 79.9. The van der Waals surface area contributed by atoms with Crippen LogP contribution in [0.2, 0.25) is 0 Å². The first-order chi connectivity index (χ1) is 9.63. The minimum Gasteiger partial charge on any atom is -0.459 e. The third kappa shape index (κ3) is 2.56. The lowest BCUT2D eigenvalue weighted by atomic mass is 10.2. The molecule has 102 valence electrons. The minimum atomic E-state index is -0.290. The summed E-state index contributed by atoms with van der Waals surface area (Å²) in [5, 5.41) is 4.17. The number of halogens is 2. The molecule has 0 bridgehead atoms. The summed E-state index contributed by atoms with van der Waals surface area (Å²) < 4.78 is 20.3. The molecule has 0 aliphatic heterocycles. The Hall–Kier alpha value is -1.81. The molecule has 0 spiro atoms. The second-order valence-electron chi connectivity index (χ2n) is 4.68.